The number of carboxylic acid groups (broad SMARTS) is 1. The van der Waals surface area contributed by atoms with Gasteiger partial charge in [0.15, 0.2) is 0 Å². The predicted octanol–water partition coefficient (Wildman–Crippen LogP) is 2.21. The van der Waals surface area contributed by atoms with Crippen molar-refractivity contribution in [1.82, 2.24) is 5.32 Å². The molecular weight excluding hydrogens is 298 g/mol. The zero-order chi connectivity index (χ0) is 13.0. The molecule has 2 N–H and O–H groups in total. The number of rotatable bonds is 4. The molecule has 0 atom stereocenters. The van der Waals surface area contributed by atoms with Gasteiger partial charge in [-0.15, -0.1) is 0 Å². The standard InChI is InChI=1S/C13H16BrNO3/c14-11-7-9(8-13(16)17)1-2-12(11)18-10-3-5-15-6-4-10/h1-2,7,10,15H,3-6,8H2,(H,16,17). The minimum absolute atomic E-state index is 0.0340. The van der Waals surface area contributed by atoms with Crippen LogP contribution in [0.15, 0.2) is 22.7 Å². The Morgan fingerprint density at radius 2 is 2.17 bits per heavy atom. The number of nitrogens with one attached hydrogen (secondary N) is 1. The van der Waals surface area contributed by atoms with Crippen molar-refractivity contribution in [2.24, 2.45) is 0 Å². The second kappa shape index (κ2) is 6.20. The van der Waals surface area contributed by atoms with E-state index in [-0.39, 0.29) is 12.5 Å². The second-order valence-electron chi connectivity index (χ2n) is 4.40. The number of ether oxygens (including phenoxy) is 1. The average molecular weight is 314 g/mol. The van der Waals surface area contributed by atoms with Gasteiger partial charge in [0.25, 0.3) is 0 Å². The molecule has 5 heteroatoms. The smallest absolute Gasteiger partial charge is 0.307 e. The van der Waals surface area contributed by atoms with Crippen molar-refractivity contribution in [3.8, 4) is 5.75 Å². The van der Waals surface area contributed by atoms with Crippen molar-refractivity contribution in [3.05, 3.63) is 28.2 Å². The Labute approximate surface area is 114 Å². The highest BCUT2D eigenvalue weighted by molar-refractivity contribution is 9.10. The van der Waals surface area contributed by atoms with Crippen LogP contribution < -0.4 is 10.1 Å². The molecule has 1 aliphatic heterocycles. The summed E-state index contributed by atoms with van der Waals surface area (Å²) < 4.78 is 6.73. The molecule has 0 aliphatic carbocycles. The van der Waals surface area contributed by atoms with Crippen LogP contribution in [0.3, 0.4) is 0 Å². The first-order valence-electron chi connectivity index (χ1n) is 6.03. The number of halogens is 1. The number of aliphatic carboxylic acids is 1. The molecule has 0 saturated carbocycles. The van der Waals surface area contributed by atoms with E-state index >= 15 is 0 Å². The van der Waals surface area contributed by atoms with E-state index in [4.69, 9.17) is 9.84 Å². The van der Waals surface area contributed by atoms with E-state index in [9.17, 15) is 4.79 Å². The van der Waals surface area contributed by atoms with Gasteiger partial charge in [-0.1, -0.05) is 6.07 Å². The lowest BCUT2D eigenvalue weighted by Crippen LogP contribution is -2.34. The van der Waals surface area contributed by atoms with Gasteiger partial charge in [0, 0.05) is 0 Å². The van der Waals surface area contributed by atoms with Gasteiger partial charge >= 0.3 is 5.97 Å². The molecule has 0 aromatic heterocycles. The Bertz CT molecular complexity index is 430. The number of carboxylic acids is 1. The fourth-order valence-electron chi connectivity index (χ4n) is 2.02. The van der Waals surface area contributed by atoms with Crippen molar-refractivity contribution in [3.63, 3.8) is 0 Å². The van der Waals surface area contributed by atoms with E-state index in [2.05, 4.69) is 21.2 Å². The second-order valence-corrected chi connectivity index (χ2v) is 5.26. The summed E-state index contributed by atoms with van der Waals surface area (Å²) in [5.41, 5.74) is 0.770. The van der Waals surface area contributed by atoms with Gasteiger partial charge < -0.3 is 15.2 Å². The normalized spacial score (nSPS) is 16.5. The molecule has 1 fully saturated rings. The maximum Gasteiger partial charge on any atom is 0.307 e. The first-order valence-corrected chi connectivity index (χ1v) is 6.82. The third kappa shape index (κ3) is 3.71. The van der Waals surface area contributed by atoms with Crippen LogP contribution in [0.5, 0.6) is 5.75 Å². The SMILES string of the molecule is O=C(O)Cc1ccc(OC2CCNCC2)c(Br)c1. The third-order valence-electron chi connectivity index (χ3n) is 2.93. The maximum atomic E-state index is 10.6. The average Bonchev–Trinajstić information content (AvgIpc) is 2.33. The van der Waals surface area contributed by atoms with Crippen molar-refractivity contribution < 1.29 is 14.6 Å². The number of piperidine rings is 1. The van der Waals surface area contributed by atoms with E-state index in [1.54, 1.807) is 6.07 Å². The quantitative estimate of drug-likeness (QED) is 0.894. The zero-order valence-corrected chi connectivity index (χ0v) is 11.6. The lowest BCUT2D eigenvalue weighted by Gasteiger charge is -2.24. The number of hydrogen-bond acceptors (Lipinski definition) is 3. The summed E-state index contributed by atoms with van der Waals surface area (Å²) in [7, 11) is 0. The van der Waals surface area contributed by atoms with Gasteiger partial charge in [0.05, 0.1) is 10.9 Å². The highest BCUT2D eigenvalue weighted by Crippen LogP contribution is 2.28. The predicted molar refractivity (Wildman–Crippen MR) is 72.0 cm³/mol. The van der Waals surface area contributed by atoms with Gasteiger partial charge in [-0.05, 0) is 59.6 Å². The maximum absolute atomic E-state index is 10.6. The minimum atomic E-state index is -0.825. The van der Waals surface area contributed by atoms with Crippen molar-refractivity contribution in [2.75, 3.05) is 13.1 Å². The largest absolute Gasteiger partial charge is 0.489 e. The van der Waals surface area contributed by atoms with E-state index < -0.39 is 5.97 Å². The summed E-state index contributed by atoms with van der Waals surface area (Å²) in [6.45, 7) is 1.97. The van der Waals surface area contributed by atoms with E-state index in [1.165, 1.54) is 0 Å². The topological polar surface area (TPSA) is 58.6 Å². The molecule has 1 aromatic carbocycles. The Morgan fingerprint density at radius 1 is 1.44 bits per heavy atom. The molecule has 0 amide bonds. The molecule has 1 saturated heterocycles. The fraction of sp³-hybridized carbons (Fsp3) is 0.462. The molecule has 1 aliphatic rings. The van der Waals surface area contributed by atoms with Crippen LogP contribution >= 0.6 is 15.9 Å². The number of benzene rings is 1. The number of hydrogen-bond donors (Lipinski definition) is 2. The summed E-state index contributed by atoms with van der Waals surface area (Å²) in [4.78, 5) is 10.6. The van der Waals surface area contributed by atoms with Crippen LogP contribution in [0.25, 0.3) is 0 Å². The highest BCUT2D eigenvalue weighted by atomic mass is 79.9. The number of carbonyl (C=O) groups is 1. The summed E-state index contributed by atoms with van der Waals surface area (Å²) >= 11 is 3.43. The lowest BCUT2D eigenvalue weighted by atomic mass is 10.1. The van der Waals surface area contributed by atoms with Crippen LogP contribution in [0.1, 0.15) is 18.4 Å². The molecule has 1 aromatic rings. The molecule has 0 spiro atoms. The molecule has 0 bridgehead atoms. The van der Waals surface area contributed by atoms with Crippen molar-refractivity contribution in [2.45, 2.75) is 25.4 Å². The van der Waals surface area contributed by atoms with Gasteiger partial charge in [0.2, 0.25) is 0 Å². The highest BCUT2D eigenvalue weighted by Gasteiger charge is 2.16. The van der Waals surface area contributed by atoms with Crippen LogP contribution in [-0.4, -0.2) is 30.3 Å². The van der Waals surface area contributed by atoms with Crippen LogP contribution in [-0.2, 0) is 11.2 Å². The van der Waals surface area contributed by atoms with Gasteiger partial charge in [0.1, 0.15) is 11.9 Å². The van der Waals surface area contributed by atoms with Gasteiger partial charge in [-0.3, -0.25) is 4.79 Å². The van der Waals surface area contributed by atoms with Gasteiger partial charge in [-0.25, -0.2) is 0 Å². The molecule has 18 heavy (non-hydrogen) atoms. The Kier molecular flexibility index (Phi) is 4.60. The Morgan fingerprint density at radius 3 is 2.78 bits per heavy atom. The first kappa shape index (κ1) is 13.4. The van der Waals surface area contributed by atoms with Crippen LogP contribution in [0.4, 0.5) is 0 Å². The Hall–Kier alpha value is -1.07. The molecule has 4 nitrogen and oxygen atoms in total. The van der Waals surface area contributed by atoms with Crippen molar-refractivity contribution >= 4 is 21.9 Å². The summed E-state index contributed by atoms with van der Waals surface area (Å²) in [5, 5.41) is 12.0. The molecular formula is C13H16BrNO3. The van der Waals surface area contributed by atoms with Crippen molar-refractivity contribution in [1.29, 1.82) is 0 Å². The molecule has 2 rings (SSSR count). The van der Waals surface area contributed by atoms with Crippen LogP contribution in [0.2, 0.25) is 0 Å². The molecule has 0 unspecified atom stereocenters. The molecule has 1 heterocycles. The monoisotopic (exact) mass is 313 g/mol. The molecule has 98 valence electrons. The first-order chi connectivity index (χ1) is 8.65. The van der Waals surface area contributed by atoms with E-state index in [1.807, 2.05) is 12.1 Å². The molecule has 0 radical (unpaired) electrons. The summed E-state index contributed by atoms with van der Waals surface area (Å²) in [6, 6.07) is 5.45. The fourth-order valence-corrected chi connectivity index (χ4v) is 2.54. The summed E-state index contributed by atoms with van der Waals surface area (Å²) in [5.74, 6) is -0.0371. The van der Waals surface area contributed by atoms with E-state index in [0.717, 1.165) is 41.7 Å². The van der Waals surface area contributed by atoms with Crippen LogP contribution in [0, 0.1) is 0 Å². The summed E-state index contributed by atoms with van der Waals surface area (Å²) in [6.07, 6.45) is 2.28. The zero-order valence-electron chi connectivity index (χ0n) is 9.99. The van der Waals surface area contributed by atoms with Gasteiger partial charge in [-0.2, -0.15) is 0 Å². The Balaban J connectivity index is 2.02. The third-order valence-corrected chi connectivity index (χ3v) is 3.55. The van der Waals surface area contributed by atoms with E-state index in [0.29, 0.717) is 0 Å². The lowest BCUT2D eigenvalue weighted by molar-refractivity contribution is -0.136. The minimum Gasteiger partial charge on any atom is -0.489 e.